The lowest BCUT2D eigenvalue weighted by Gasteiger charge is -2.46. The molecule has 1 N–H and O–H groups in total. The van der Waals surface area contributed by atoms with E-state index >= 15 is 0 Å². The van der Waals surface area contributed by atoms with Gasteiger partial charge < -0.3 is 5.32 Å². The predicted octanol–water partition coefficient (Wildman–Crippen LogP) is 2.03. The van der Waals surface area contributed by atoms with E-state index in [9.17, 15) is 0 Å². The van der Waals surface area contributed by atoms with Gasteiger partial charge in [0.2, 0.25) is 0 Å². The molecule has 1 saturated heterocycles. The van der Waals surface area contributed by atoms with Crippen LogP contribution in [-0.2, 0) is 0 Å². The Hall–Kier alpha value is -0.340. The minimum Gasteiger partial charge on any atom is -0.314 e. The molecule has 0 aromatic carbocycles. The number of nitrogens with zero attached hydrogens (tertiary/aromatic N) is 1. The van der Waals surface area contributed by atoms with Gasteiger partial charge in [0.15, 0.2) is 0 Å². The Morgan fingerprint density at radius 2 is 2.07 bits per heavy atom. The summed E-state index contributed by atoms with van der Waals surface area (Å²) in [6, 6.07) is 0. The molecule has 0 aromatic heterocycles. The van der Waals surface area contributed by atoms with Crippen LogP contribution in [-0.4, -0.2) is 36.6 Å². The molecule has 1 fully saturated rings. The Bertz CT molecular complexity index is 183. The summed E-state index contributed by atoms with van der Waals surface area (Å²) in [5.41, 5.74) is 0.401. The molecule has 14 heavy (non-hydrogen) atoms. The van der Waals surface area contributed by atoms with Gasteiger partial charge in [-0.15, -0.1) is 0 Å². The highest BCUT2D eigenvalue weighted by molar-refractivity contribution is 4.97. The van der Waals surface area contributed by atoms with Crippen molar-refractivity contribution in [3.05, 3.63) is 12.2 Å². The average Bonchev–Trinajstić information content (AvgIpc) is 2.26. The van der Waals surface area contributed by atoms with Crippen molar-refractivity contribution < 1.29 is 0 Å². The molecule has 0 aromatic rings. The van der Waals surface area contributed by atoms with Gasteiger partial charge in [0.05, 0.1) is 0 Å². The van der Waals surface area contributed by atoms with E-state index in [2.05, 4.69) is 43.1 Å². The Labute approximate surface area is 88.4 Å². The fraction of sp³-hybridized carbons (Fsp3) is 0.833. The van der Waals surface area contributed by atoms with Crippen molar-refractivity contribution in [2.45, 2.75) is 39.2 Å². The first kappa shape index (κ1) is 11.7. The fourth-order valence-electron chi connectivity index (χ4n) is 2.35. The van der Waals surface area contributed by atoms with Crippen molar-refractivity contribution >= 4 is 0 Å². The largest absolute Gasteiger partial charge is 0.314 e. The zero-order valence-electron chi connectivity index (χ0n) is 9.84. The first-order valence-corrected chi connectivity index (χ1v) is 5.86. The van der Waals surface area contributed by atoms with E-state index < -0.39 is 0 Å². The molecule has 2 heteroatoms. The van der Waals surface area contributed by atoms with Crippen LogP contribution in [0.2, 0.25) is 0 Å². The van der Waals surface area contributed by atoms with Crippen molar-refractivity contribution in [1.82, 2.24) is 10.2 Å². The van der Waals surface area contributed by atoms with Crippen LogP contribution < -0.4 is 5.32 Å². The van der Waals surface area contributed by atoms with Crippen molar-refractivity contribution in [1.29, 1.82) is 0 Å². The molecule has 1 aliphatic heterocycles. The summed E-state index contributed by atoms with van der Waals surface area (Å²) in [6.45, 7) is 11.3. The van der Waals surface area contributed by atoms with E-state index in [1.807, 2.05) is 0 Å². The molecule has 0 bridgehead atoms. The second kappa shape index (κ2) is 5.52. The summed E-state index contributed by atoms with van der Waals surface area (Å²) in [5.74, 6) is 0. The number of piperazine rings is 1. The first-order valence-electron chi connectivity index (χ1n) is 5.86. The summed E-state index contributed by atoms with van der Waals surface area (Å²) in [4.78, 5) is 2.63. The van der Waals surface area contributed by atoms with Gasteiger partial charge in [-0.2, -0.15) is 0 Å². The molecule has 1 heterocycles. The van der Waals surface area contributed by atoms with Crippen LogP contribution in [0, 0.1) is 0 Å². The summed E-state index contributed by atoms with van der Waals surface area (Å²) in [7, 11) is 0. The summed E-state index contributed by atoms with van der Waals surface area (Å²) >= 11 is 0. The summed E-state index contributed by atoms with van der Waals surface area (Å²) < 4.78 is 0. The van der Waals surface area contributed by atoms with Crippen LogP contribution in [0.1, 0.15) is 33.6 Å². The lowest BCUT2D eigenvalue weighted by Crippen LogP contribution is -2.60. The lowest BCUT2D eigenvalue weighted by atomic mass is 9.88. The van der Waals surface area contributed by atoms with Crippen LogP contribution >= 0.6 is 0 Å². The maximum Gasteiger partial charge on any atom is 0.0332 e. The Balaban J connectivity index is 2.65. The SMILES string of the molecule is C/C=C/CN1CCNCC1(CC)CC. The Morgan fingerprint density at radius 3 is 2.64 bits per heavy atom. The Morgan fingerprint density at radius 1 is 1.36 bits per heavy atom. The number of allylic oxidation sites excluding steroid dienone is 1. The van der Waals surface area contributed by atoms with E-state index in [0.717, 1.165) is 19.6 Å². The molecule has 0 unspecified atom stereocenters. The normalized spacial score (nSPS) is 23.1. The predicted molar refractivity (Wildman–Crippen MR) is 62.6 cm³/mol. The molecule has 2 nitrogen and oxygen atoms in total. The highest BCUT2D eigenvalue weighted by Gasteiger charge is 2.34. The summed E-state index contributed by atoms with van der Waals surface area (Å²) in [6.07, 6.45) is 6.91. The maximum atomic E-state index is 3.52. The molecular formula is C12H24N2. The van der Waals surface area contributed by atoms with E-state index in [-0.39, 0.29) is 0 Å². The molecule has 0 saturated carbocycles. The molecule has 82 valence electrons. The van der Waals surface area contributed by atoms with Gasteiger partial charge in [-0.25, -0.2) is 0 Å². The van der Waals surface area contributed by atoms with Crippen molar-refractivity contribution in [3.63, 3.8) is 0 Å². The monoisotopic (exact) mass is 196 g/mol. The zero-order chi connectivity index (χ0) is 10.4. The first-order chi connectivity index (χ1) is 6.79. The van der Waals surface area contributed by atoms with Crippen LogP contribution in [0.3, 0.4) is 0 Å². The molecule has 1 rings (SSSR count). The third kappa shape index (κ3) is 2.37. The van der Waals surface area contributed by atoms with Crippen LogP contribution in [0.4, 0.5) is 0 Å². The topological polar surface area (TPSA) is 15.3 Å². The minimum atomic E-state index is 0.401. The third-order valence-electron chi connectivity index (χ3n) is 3.56. The number of hydrogen-bond acceptors (Lipinski definition) is 2. The second-order valence-electron chi connectivity index (χ2n) is 4.12. The molecule has 0 atom stereocenters. The van der Waals surface area contributed by atoms with Crippen LogP contribution in [0.5, 0.6) is 0 Å². The molecule has 0 amide bonds. The van der Waals surface area contributed by atoms with Crippen molar-refractivity contribution in [2.24, 2.45) is 0 Å². The van der Waals surface area contributed by atoms with Gasteiger partial charge in [-0.3, -0.25) is 4.90 Å². The van der Waals surface area contributed by atoms with E-state index in [1.165, 1.54) is 19.4 Å². The molecule has 0 spiro atoms. The molecule has 0 aliphatic carbocycles. The average molecular weight is 196 g/mol. The summed E-state index contributed by atoms with van der Waals surface area (Å²) in [5, 5.41) is 3.52. The van der Waals surface area contributed by atoms with E-state index in [1.54, 1.807) is 0 Å². The zero-order valence-corrected chi connectivity index (χ0v) is 9.84. The van der Waals surface area contributed by atoms with Crippen LogP contribution in [0.15, 0.2) is 12.2 Å². The second-order valence-corrected chi connectivity index (χ2v) is 4.12. The highest BCUT2D eigenvalue weighted by Crippen LogP contribution is 2.25. The number of hydrogen-bond donors (Lipinski definition) is 1. The molecule has 1 aliphatic rings. The van der Waals surface area contributed by atoms with E-state index in [4.69, 9.17) is 0 Å². The van der Waals surface area contributed by atoms with Crippen molar-refractivity contribution in [2.75, 3.05) is 26.2 Å². The van der Waals surface area contributed by atoms with Crippen molar-refractivity contribution in [3.8, 4) is 0 Å². The molecular weight excluding hydrogens is 172 g/mol. The van der Waals surface area contributed by atoms with Gasteiger partial charge in [-0.1, -0.05) is 26.0 Å². The van der Waals surface area contributed by atoms with Gasteiger partial charge in [0, 0.05) is 31.7 Å². The highest BCUT2D eigenvalue weighted by atomic mass is 15.3. The fourth-order valence-corrected chi connectivity index (χ4v) is 2.35. The number of nitrogens with one attached hydrogen (secondary N) is 1. The smallest absolute Gasteiger partial charge is 0.0332 e. The quantitative estimate of drug-likeness (QED) is 0.692. The molecule has 0 radical (unpaired) electrons. The van der Waals surface area contributed by atoms with Crippen LogP contribution in [0.25, 0.3) is 0 Å². The maximum absolute atomic E-state index is 3.52. The lowest BCUT2D eigenvalue weighted by molar-refractivity contribution is 0.0639. The number of rotatable bonds is 4. The van der Waals surface area contributed by atoms with Gasteiger partial charge in [0.25, 0.3) is 0 Å². The van der Waals surface area contributed by atoms with E-state index in [0.29, 0.717) is 5.54 Å². The van der Waals surface area contributed by atoms with Gasteiger partial charge in [-0.05, 0) is 19.8 Å². The van der Waals surface area contributed by atoms with Gasteiger partial charge in [0.1, 0.15) is 0 Å². The van der Waals surface area contributed by atoms with Gasteiger partial charge >= 0.3 is 0 Å². The Kier molecular flexibility index (Phi) is 4.63. The third-order valence-corrected chi connectivity index (χ3v) is 3.56. The minimum absolute atomic E-state index is 0.401. The standard InChI is InChI=1S/C12H24N2/c1-4-7-9-14-10-8-13-11-12(14,5-2)6-3/h4,7,13H,5-6,8-11H2,1-3H3/b7-4+.